The second-order valence-electron chi connectivity index (χ2n) is 4.86. The molecule has 0 radical (unpaired) electrons. The lowest BCUT2D eigenvalue weighted by Crippen LogP contribution is -2.45. The standard InChI is InChI=1S/C11H19NO2/c1-7(8-3-4-8)12(2)10(11(13)14)9-5-6-9/h7-10H,3-6H2,1-2H3,(H,13,14). The van der Waals surface area contributed by atoms with E-state index in [2.05, 4.69) is 11.8 Å². The summed E-state index contributed by atoms with van der Waals surface area (Å²) < 4.78 is 0. The molecule has 2 atom stereocenters. The van der Waals surface area contributed by atoms with Crippen molar-refractivity contribution in [1.29, 1.82) is 0 Å². The maximum Gasteiger partial charge on any atom is 0.321 e. The molecule has 0 aromatic heterocycles. The Balaban J connectivity index is 1.97. The highest BCUT2D eigenvalue weighted by molar-refractivity contribution is 5.74. The number of carbonyl (C=O) groups is 1. The summed E-state index contributed by atoms with van der Waals surface area (Å²) in [6.45, 7) is 2.16. The van der Waals surface area contributed by atoms with Gasteiger partial charge in [0.2, 0.25) is 0 Å². The van der Waals surface area contributed by atoms with Gasteiger partial charge in [-0.25, -0.2) is 0 Å². The maximum atomic E-state index is 11.1. The van der Waals surface area contributed by atoms with E-state index in [9.17, 15) is 4.79 Å². The number of likely N-dealkylation sites (N-methyl/N-ethyl adjacent to an activating group) is 1. The monoisotopic (exact) mass is 197 g/mol. The van der Waals surface area contributed by atoms with Crippen molar-refractivity contribution in [2.24, 2.45) is 11.8 Å². The zero-order valence-corrected chi connectivity index (χ0v) is 8.94. The largest absolute Gasteiger partial charge is 0.480 e. The molecule has 14 heavy (non-hydrogen) atoms. The lowest BCUT2D eigenvalue weighted by atomic mass is 10.1. The van der Waals surface area contributed by atoms with Crippen molar-refractivity contribution in [3.63, 3.8) is 0 Å². The minimum absolute atomic E-state index is 0.231. The second-order valence-corrected chi connectivity index (χ2v) is 4.86. The molecule has 0 aliphatic heterocycles. The van der Waals surface area contributed by atoms with Crippen LogP contribution in [-0.4, -0.2) is 35.1 Å². The number of carboxylic acid groups (broad SMARTS) is 1. The SMILES string of the molecule is CC(C1CC1)N(C)C(C(=O)O)C1CC1. The minimum Gasteiger partial charge on any atom is -0.480 e. The molecular formula is C11H19NO2. The number of carboxylic acids is 1. The van der Waals surface area contributed by atoms with Crippen LogP contribution in [-0.2, 0) is 4.79 Å². The van der Waals surface area contributed by atoms with Gasteiger partial charge in [0.1, 0.15) is 6.04 Å². The van der Waals surface area contributed by atoms with E-state index in [1.807, 2.05) is 7.05 Å². The van der Waals surface area contributed by atoms with Gasteiger partial charge in [0.05, 0.1) is 0 Å². The van der Waals surface area contributed by atoms with Crippen LogP contribution in [0.25, 0.3) is 0 Å². The van der Waals surface area contributed by atoms with Crippen molar-refractivity contribution in [2.75, 3.05) is 7.05 Å². The van der Waals surface area contributed by atoms with Crippen LogP contribution in [0.3, 0.4) is 0 Å². The molecule has 0 aromatic rings. The van der Waals surface area contributed by atoms with Crippen molar-refractivity contribution in [2.45, 2.75) is 44.7 Å². The van der Waals surface area contributed by atoms with Crippen LogP contribution in [0.5, 0.6) is 0 Å². The molecule has 0 amide bonds. The average Bonchev–Trinajstić information content (AvgIpc) is 2.96. The Morgan fingerprint density at radius 3 is 2.14 bits per heavy atom. The van der Waals surface area contributed by atoms with Gasteiger partial charge in [0.25, 0.3) is 0 Å². The third-order valence-corrected chi connectivity index (χ3v) is 3.71. The van der Waals surface area contributed by atoms with Crippen molar-refractivity contribution >= 4 is 5.97 Å². The average molecular weight is 197 g/mol. The molecule has 0 spiro atoms. The van der Waals surface area contributed by atoms with Crippen LogP contribution in [0.15, 0.2) is 0 Å². The molecule has 2 aliphatic rings. The molecule has 1 N–H and O–H groups in total. The lowest BCUT2D eigenvalue weighted by Gasteiger charge is -2.30. The zero-order valence-electron chi connectivity index (χ0n) is 8.94. The summed E-state index contributed by atoms with van der Waals surface area (Å²) in [7, 11) is 1.97. The lowest BCUT2D eigenvalue weighted by molar-refractivity contribution is -0.144. The first-order valence-corrected chi connectivity index (χ1v) is 5.56. The Kier molecular flexibility index (Phi) is 2.52. The van der Waals surface area contributed by atoms with Crippen LogP contribution >= 0.6 is 0 Å². The summed E-state index contributed by atoms with van der Waals surface area (Å²) in [5.41, 5.74) is 0. The van der Waals surface area contributed by atoms with Gasteiger partial charge in [-0.3, -0.25) is 9.69 Å². The van der Waals surface area contributed by atoms with E-state index < -0.39 is 5.97 Å². The Labute approximate surface area is 85.1 Å². The Morgan fingerprint density at radius 1 is 1.29 bits per heavy atom. The molecule has 0 heterocycles. The predicted octanol–water partition coefficient (Wildman–Crippen LogP) is 1.58. The summed E-state index contributed by atoms with van der Waals surface area (Å²) in [5.74, 6) is 0.529. The van der Waals surface area contributed by atoms with E-state index in [0.717, 1.165) is 18.8 Å². The molecule has 2 unspecified atom stereocenters. The fraction of sp³-hybridized carbons (Fsp3) is 0.909. The minimum atomic E-state index is -0.637. The van der Waals surface area contributed by atoms with Crippen molar-refractivity contribution in [3.8, 4) is 0 Å². The molecular weight excluding hydrogens is 178 g/mol. The van der Waals surface area contributed by atoms with E-state index in [-0.39, 0.29) is 6.04 Å². The summed E-state index contributed by atoms with van der Waals surface area (Å²) in [4.78, 5) is 13.2. The highest BCUT2D eigenvalue weighted by Crippen LogP contribution is 2.40. The molecule has 0 saturated heterocycles. The quantitative estimate of drug-likeness (QED) is 0.727. The summed E-state index contributed by atoms with van der Waals surface area (Å²) in [5, 5.41) is 9.16. The van der Waals surface area contributed by atoms with Gasteiger partial charge >= 0.3 is 5.97 Å². The van der Waals surface area contributed by atoms with Gasteiger partial charge in [0, 0.05) is 6.04 Å². The van der Waals surface area contributed by atoms with Crippen LogP contribution in [0, 0.1) is 11.8 Å². The smallest absolute Gasteiger partial charge is 0.321 e. The molecule has 0 aromatic carbocycles. The van der Waals surface area contributed by atoms with Crippen LogP contribution < -0.4 is 0 Å². The van der Waals surface area contributed by atoms with Gasteiger partial charge < -0.3 is 5.11 Å². The molecule has 80 valence electrons. The van der Waals surface area contributed by atoms with E-state index in [4.69, 9.17) is 5.11 Å². The van der Waals surface area contributed by atoms with Crippen molar-refractivity contribution in [3.05, 3.63) is 0 Å². The summed E-state index contributed by atoms with van der Waals surface area (Å²) >= 11 is 0. The summed E-state index contributed by atoms with van der Waals surface area (Å²) in [6.07, 6.45) is 4.75. The summed E-state index contributed by atoms with van der Waals surface area (Å²) in [6, 6.07) is 0.210. The van der Waals surface area contributed by atoms with Crippen LogP contribution in [0.2, 0.25) is 0 Å². The molecule has 3 nitrogen and oxygen atoms in total. The molecule has 2 aliphatic carbocycles. The third kappa shape index (κ3) is 1.92. The van der Waals surface area contributed by atoms with Crippen LogP contribution in [0.1, 0.15) is 32.6 Å². The van der Waals surface area contributed by atoms with E-state index in [1.54, 1.807) is 0 Å². The van der Waals surface area contributed by atoms with E-state index in [1.165, 1.54) is 12.8 Å². The fourth-order valence-corrected chi connectivity index (χ4v) is 2.28. The molecule has 2 fully saturated rings. The second kappa shape index (κ2) is 3.54. The fourth-order valence-electron chi connectivity index (χ4n) is 2.28. The molecule has 3 heteroatoms. The zero-order chi connectivity index (χ0) is 10.3. The third-order valence-electron chi connectivity index (χ3n) is 3.71. The Hall–Kier alpha value is -0.570. The highest BCUT2D eigenvalue weighted by Gasteiger charge is 2.43. The highest BCUT2D eigenvalue weighted by atomic mass is 16.4. The number of nitrogens with zero attached hydrogens (tertiary/aromatic N) is 1. The molecule has 2 rings (SSSR count). The first kappa shape index (κ1) is 9.97. The number of aliphatic carboxylic acids is 1. The van der Waals surface area contributed by atoms with E-state index in [0.29, 0.717) is 12.0 Å². The van der Waals surface area contributed by atoms with Gasteiger partial charge in [-0.15, -0.1) is 0 Å². The van der Waals surface area contributed by atoms with Gasteiger partial charge in [0.15, 0.2) is 0 Å². The van der Waals surface area contributed by atoms with Gasteiger partial charge in [-0.1, -0.05) is 0 Å². The first-order chi connectivity index (χ1) is 6.61. The number of hydrogen-bond donors (Lipinski definition) is 1. The Bertz CT molecular complexity index is 233. The van der Waals surface area contributed by atoms with E-state index >= 15 is 0 Å². The predicted molar refractivity (Wildman–Crippen MR) is 54.1 cm³/mol. The first-order valence-electron chi connectivity index (χ1n) is 5.56. The number of hydrogen-bond acceptors (Lipinski definition) is 2. The molecule has 2 saturated carbocycles. The van der Waals surface area contributed by atoms with Crippen LogP contribution in [0.4, 0.5) is 0 Å². The topological polar surface area (TPSA) is 40.5 Å². The maximum absolute atomic E-state index is 11.1. The van der Waals surface area contributed by atoms with Crippen molar-refractivity contribution in [1.82, 2.24) is 4.90 Å². The van der Waals surface area contributed by atoms with Gasteiger partial charge in [-0.2, -0.15) is 0 Å². The number of rotatable bonds is 5. The van der Waals surface area contributed by atoms with Gasteiger partial charge in [-0.05, 0) is 51.5 Å². The normalized spacial score (nSPS) is 26.2. The Morgan fingerprint density at radius 2 is 1.79 bits per heavy atom. The van der Waals surface area contributed by atoms with Crippen molar-refractivity contribution < 1.29 is 9.90 Å². The molecule has 0 bridgehead atoms.